The molecule has 0 fully saturated rings. The molecule has 0 atom stereocenters. The SMILES string of the molecule is CCO.O=P([O-])([O-])[O-].O=P([O-])([O-])[O-].O=P([O-])([O-])[O-].O=P([O-])([O-])[O-].[Mo+4].[Mo+4].[Mo+4]. The molecular weight excluding hydrogens is 708 g/mol. The summed E-state index contributed by atoms with van der Waals surface area (Å²) in [6, 6.07) is 0. The summed E-state index contributed by atoms with van der Waals surface area (Å²) in [4.78, 5) is 103. The standard InChI is InChI=1S/C2H6O.3Mo.4H3O4P/c1-2-3;;;;4*1-5(2,3)4/h3H,2H2,1H3;;;;4*(H3,1,2,3,4)/q;3*+4;;;;/p-12. The first-order chi connectivity index (χ1) is 9.41. The summed E-state index contributed by atoms with van der Waals surface area (Å²) in [5, 5.41) is 7.57. The zero-order valence-electron chi connectivity index (χ0n) is 11.7. The molecule has 0 rings (SSSR count). The van der Waals surface area contributed by atoms with Crippen molar-refractivity contribution in [1.29, 1.82) is 0 Å². The fourth-order valence-corrected chi connectivity index (χ4v) is 0. The molecule has 0 unspecified atom stereocenters. The Kier molecular flexibility index (Phi) is 50.3. The van der Waals surface area contributed by atoms with Crippen LogP contribution in [0.1, 0.15) is 6.92 Å². The van der Waals surface area contributed by atoms with Crippen LogP contribution in [0.3, 0.4) is 0 Å². The maximum atomic E-state index is 8.55. The van der Waals surface area contributed by atoms with Gasteiger partial charge in [-0.2, -0.15) is 31.3 Å². The van der Waals surface area contributed by atoms with Crippen molar-refractivity contribution >= 4 is 31.3 Å². The van der Waals surface area contributed by atoms with Gasteiger partial charge in [-0.3, -0.25) is 0 Å². The molecule has 0 saturated carbocycles. The third-order valence-electron chi connectivity index (χ3n) is 0. The summed E-state index contributed by atoms with van der Waals surface area (Å²) in [6.45, 7) is 1.93. The Bertz CT molecular complexity index is 316. The van der Waals surface area contributed by atoms with Crippen molar-refractivity contribution in [2.24, 2.45) is 0 Å². The van der Waals surface area contributed by atoms with E-state index in [9.17, 15) is 0 Å². The number of rotatable bonds is 0. The van der Waals surface area contributed by atoms with Crippen molar-refractivity contribution in [1.82, 2.24) is 0 Å². The quantitative estimate of drug-likeness (QED) is 0.180. The number of phosphoric acid groups is 4. The molecule has 17 nitrogen and oxygen atoms in total. The normalized spacial score (nSPS) is 9.77. The van der Waals surface area contributed by atoms with E-state index >= 15 is 0 Å². The Balaban J connectivity index is -0.0000000255. The minimum Gasteiger partial charge on any atom is -0.822 e. The van der Waals surface area contributed by atoms with Crippen LogP contribution in [0, 0.1) is 0 Å². The summed E-state index contributed by atoms with van der Waals surface area (Å²) in [5.74, 6) is 0. The minimum atomic E-state index is -5.39. The number of aliphatic hydroxyl groups is 1. The van der Waals surface area contributed by atoms with Crippen LogP contribution in [0.15, 0.2) is 0 Å². The zero-order chi connectivity index (χ0) is 20.7. The summed E-state index contributed by atoms with van der Waals surface area (Å²) in [7, 11) is -21.6. The zero-order valence-corrected chi connectivity index (χ0v) is 21.3. The van der Waals surface area contributed by atoms with E-state index in [1.54, 1.807) is 6.92 Å². The molecule has 0 aromatic rings. The molecule has 0 amide bonds. The molecule has 0 aromatic heterocycles. The maximum Gasteiger partial charge on any atom is 4.00 e. The molecule has 0 aromatic carbocycles. The molecule has 0 spiro atoms. The molecule has 1 N–H and O–H groups in total. The smallest absolute Gasteiger partial charge is 0.822 e. The predicted octanol–water partition coefficient (Wildman–Crippen LogP) is -11.3. The van der Waals surface area contributed by atoms with Crippen molar-refractivity contribution in [3.63, 3.8) is 0 Å². The van der Waals surface area contributed by atoms with Crippen LogP contribution in [0.5, 0.6) is 0 Å². The van der Waals surface area contributed by atoms with Gasteiger partial charge in [-0.1, -0.05) is 0 Å². The number of hydrogen-bond acceptors (Lipinski definition) is 17. The van der Waals surface area contributed by atoms with Gasteiger partial charge in [0.1, 0.15) is 0 Å². The van der Waals surface area contributed by atoms with E-state index in [-0.39, 0.29) is 69.8 Å². The molecule has 154 valence electrons. The van der Waals surface area contributed by atoms with Gasteiger partial charge >= 0.3 is 63.2 Å². The van der Waals surface area contributed by atoms with E-state index in [2.05, 4.69) is 0 Å². The first-order valence-corrected chi connectivity index (χ1v) is 9.79. The van der Waals surface area contributed by atoms with E-state index < -0.39 is 31.3 Å². The predicted molar refractivity (Wildman–Crippen MR) is 43.2 cm³/mol. The van der Waals surface area contributed by atoms with Crippen LogP contribution in [0.2, 0.25) is 0 Å². The van der Waals surface area contributed by atoms with E-state index in [4.69, 9.17) is 82.1 Å². The molecule has 0 aliphatic rings. The van der Waals surface area contributed by atoms with E-state index in [1.807, 2.05) is 0 Å². The van der Waals surface area contributed by atoms with E-state index in [0.717, 1.165) is 0 Å². The van der Waals surface area contributed by atoms with Gasteiger partial charge in [0.25, 0.3) is 0 Å². The molecule has 24 heteroatoms. The van der Waals surface area contributed by atoms with Gasteiger partial charge in [0, 0.05) is 6.61 Å². The Morgan fingerprint density at radius 1 is 0.500 bits per heavy atom. The molecule has 0 aliphatic heterocycles. The molecular formula is C2H6Mo3O17P4. The second-order valence-electron chi connectivity index (χ2n) is 2.11. The van der Waals surface area contributed by atoms with Crippen LogP contribution in [-0.2, 0) is 81.5 Å². The average Bonchev–Trinajstić information content (AvgIpc) is 1.87. The van der Waals surface area contributed by atoms with Crippen LogP contribution < -0.4 is 58.7 Å². The molecule has 0 heterocycles. The Morgan fingerprint density at radius 2 is 0.500 bits per heavy atom. The average molecular weight is 714 g/mol. The van der Waals surface area contributed by atoms with Crippen molar-refractivity contribution in [2.75, 3.05) is 6.61 Å². The summed E-state index contributed by atoms with van der Waals surface area (Å²) in [5.41, 5.74) is 0. The third-order valence-corrected chi connectivity index (χ3v) is 0. The van der Waals surface area contributed by atoms with Gasteiger partial charge in [-0.25, -0.2) is 0 Å². The summed E-state index contributed by atoms with van der Waals surface area (Å²) >= 11 is 0. The van der Waals surface area contributed by atoms with Crippen LogP contribution >= 0.6 is 31.3 Å². The monoisotopic (exact) mass is 720 g/mol. The Hall–Kier alpha value is 2.46. The fourth-order valence-electron chi connectivity index (χ4n) is 0. The maximum absolute atomic E-state index is 8.55. The molecule has 26 heavy (non-hydrogen) atoms. The summed E-state index contributed by atoms with van der Waals surface area (Å²) in [6.07, 6.45) is 0. The number of hydrogen-bond donors (Lipinski definition) is 1. The summed E-state index contributed by atoms with van der Waals surface area (Å²) < 4.78 is 34.2. The Labute approximate surface area is 189 Å². The van der Waals surface area contributed by atoms with Gasteiger partial charge in [-0.15, -0.1) is 0 Å². The fraction of sp³-hybridized carbons (Fsp3) is 1.00. The third kappa shape index (κ3) is 2820. The van der Waals surface area contributed by atoms with Gasteiger partial charge in [0.2, 0.25) is 0 Å². The van der Waals surface area contributed by atoms with Gasteiger partial charge in [0.15, 0.2) is 0 Å². The van der Waals surface area contributed by atoms with Crippen molar-refractivity contribution in [2.45, 2.75) is 6.92 Å². The van der Waals surface area contributed by atoms with Crippen molar-refractivity contribution < 1.29 is 145 Å². The Morgan fingerprint density at radius 3 is 0.500 bits per heavy atom. The van der Waals surface area contributed by atoms with Gasteiger partial charge in [0.05, 0.1) is 0 Å². The minimum absolute atomic E-state index is 0. The first kappa shape index (κ1) is 51.3. The topological polar surface area (TPSA) is 365 Å². The van der Waals surface area contributed by atoms with E-state index in [1.165, 1.54) is 0 Å². The molecule has 0 saturated heterocycles. The second-order valence-corrected chi connectivity index (χ2v) is 5.68. The van der Waals surface area contributed by atoms with Crippen molar-refractivity contribution in [3.8, 4) is 0 Å². The van der Waals surface area contributed by atoms with Crippen LogP contribution in [0.25, 0.3) is 0 Å². The van der Waals surface area contributed by atoms with Crippen LogP contribution in [-0.4, -0.2) is 11.7 Å². The number of aliphatic hydroxyl groups excluding tert-OH is 1. The molecule has 0 aliphatic carbocycles. The van der Waals surface area contributed by atoms with Gasteiger partial charge in [-0.05, 0) is 6.92 Å². The van der Waals surface area contributed by atoms with Crippen molar-refractivity contribution in [3.05, 3.63) is 0 Å². The second kappa shape index (κ2) is 25.5. The molecule has 0 bridgehead atoms. The van der Waals surface area contributed by atoms with E-state index in [0.29, 0.717) is 0 Å². The largest absolute Gasteiger partial charge is 4.00 e. The van der Waals surface area contributed by atoms with Gasteiger partial charge < -0.3 is 82.1 Å². The molecule has 0 radical (unpaired) electrons. The van der Waals surface area contributed by atoms with Crippen LogP contribution in [0.4, 0.5) is 0 Å². The first-order valence-electron chi connectivity index (χ1n) is 3.94.